The maximum absolute atomic E-state index is 5.59. The summed E-state index contributed by atoms with van der Waals surface area (Å²) in [6, 6.07) is 10.5. The van der Waals surface area contributed by atoms with Gasteiger partial charge in [0.1, 0.15) is 6.61 Å². The van der Waals surface area contributed by atoms with Crippen LogP contribution in [0, 0.1) is 0 Å². The molecule has 1 heterocycles. The van der Waals surface area contributed by atoms with Crippen molar-refractivity contribution in [2.45, 2.75) is 26.4 Å². The number of nitrogens with one attached hydrogen (secondary N) is 1. The Morgan fingerprint density at radius 3 is 2.76 bits per heavy atom. The SMILES string of the molecule is CC(C)NCc1cncc(OCC=Cc2ccccc2)n1. The molecule has 2 rings (SSSR count). The van der Waals surface area contributed by atoms with Crippen molar-refractivity contribution in [2.24, 2.45) is 0 Å². The molecule has 0 amide bonds. The topological polar surface area (TPSA) is 47.0 Å². The number of rotatable bonds is 7. The monoisotopic (exact) mass is 283 g/mol. The van der Waals surface area contributed by atoms with Crippen LogP contribution in [0.15, 0.2) is 48.8 Å². The van der Waals surface area contributed by atoms with E-state index in [0.29, 0.717) is 25.1 Å². The van der Waals surface area contributed by atoms with E-state index in [4.69, 9.17) is 4.74 Å². The highest BCUT2D eigenvalue weighted by molar-refractivity contribution is 5.48. The number of hydrogen-bond acceptors (Lipinski definition) is 4. The molecule has 1 aromatic carbocycles. The van der Waals surface area contributed by atoms with Gasteiger partial charge in [0.15, 0.2) is 0 Å². The quantitative estimate of drug-likeness (QED) is 0.848. The molecule has 1 N–H and O–H groups in total. The molecule has 0 saturated heterocycles. The van der Waals surface area contributed by atoms with E-state index < -0.39 is 0 Å². The van der Waals surface area contributed by atoms with E-state index in [1.165, 1.54) is 0 Å². The van der Waals surface area contributed by atoms with E-state index in [1.54, 1.807) is 12.4 Å². The molecule has 0 atom stereocenters. The minimum atomic E-state index is 0.421. The van der Waals surface area contributed by atoms with E-state index in [0.717, 1.165) is 11.3 Å². The molecule has 21 heavy (non-hydrogen) atoms. The van der Waals surface area contributed by atoms with Crippen molar-refractivity contribution < 1.29 is 4.74 Å². The summed E-state index contributed by atoms with van der Waals surface area (Å²) in [6.45, 7) is 5.37. The Bertz CT molecular complexity index is 567. The van der Waals surface area contributed by atoms with Crippen LogP contribution in [0.1, 0.15) is 25.1 Å². The molecule has 1 aromatic heterocycles. The van der Waals surface area contributed by atoms with Crippen molar-refractivity contribution in [2.75, 3.05) is 6.61 Å². The first-order chi connectivity index (χ1) is 10.2. The fraction of sp³-hybridized carbons (Fsp3) is 0.294. The smallest absolute Gasteiger partial charge is 0.232 e. The van der Waals surface area contributed by atoms with E-state index >= 15 is 0 Å². The molecular weight excluding hydrogens is 262 g/mol. The Kier molecular flexibility index (Phi) is 5.91. The van der Waals surface area contributed by atoms with Crippen LogP contribution in [-0.4, -0.2) is 22.6 Å². The standard InChI is InChI=1S/C17H21N3O/c1-14(2)19-12-16-11-18-13-17(20-16)21-10-6-9-15-7-4-3-5-8-15/h3-9,11,13-14,19H,10,12H2,1-2H3. The highest BCUT2D eigenvalue weighted by Crippen LogP contribution is 2.06. The third kappa shape index (κ3) is 5.75. The third-order valence-electron chi connectivity index (χ3n) is 2.79. The second kappa shape index (κ2) is 8.17. The molecular formula is C17H21N3O. The van der Waals surface area contributed by atoms with Crippen LogP contribution in [0.4, 0.5) is 0 Å². The third-order valence-corrected chi connectivity index (χ3v) is 2.79. The fourth-order valence-electron chi connectivity index (χ4n) is 1.73. The van der Waals surface area contributed by atoms with E-state index in [1.807, 2.05) is 30.4 Å². The fourth-order valence-corrected chi connectivity index (χ4v) is 1.73. The molecule has 4 nitrogen and oxygen atoms in total. The van der Waals surface area contributed by atoms with Gasteiger partial charge >= 0.3 is 0 Å². The van der Waals surface area contributed by atoms with Gasteiger partial charge < -0.3 is 10.1 Å². The Morgan fingerprint density at radius 2 is 2.00 bits per heavy atom. The van der Waals surface area contributed by atoms with Gasteiger partial charge in [-0.3, -0.25) is 4.98 Å². The van der Waals surface area contributed by atoms with Gasteiger partial charge in [-0.2, -0.15) is 0 Å². The summed E-state index contributed by atoms with van der Waals surface area (Å²) in [7, 11) is 0. The average Bonchev–Trinajstić information content (AvgIpc) is 2.51. The predicted molar refractivity (Wildman–Crippen MR) is 85.0 cm³/mol. The molecule has 0 aliphatic rings. The minimum absolute atomic E-state index is 0.421. The van der Waals surface area contributed by atoms with Gasteiger partial charge in [-0.25, -0.2) is 4.98 Å². The first-order valence-corrected chi connectivity index (χ1v) is 7.13. The maximum atomic E-state index is 5.59. The molecule has 0 spiro atoms. The molecule has 4 heteroatoms. The molecule has 0 radical (unpaired) electrons. The Balaban J connectivity index is 1.83. The van der Waals surface area contributed by atoms with Gasteiger partial charge in [0, 0.05) is 18.8 Å². The number of hydrogen-bond donors (Lipinski definition) is 1. The second-order valence-electron chi connectivity index (χ2n) is 5.01. The van der Waals surface area contributed by atoms with E-state index in [2.05, 4.69) is 41.3 Å². The number of benzene rings is 1. The highest BCUT2D eigenvalue weighted by Gasteiger charge is 2.00. The number of nitrogens with zero attached hydrogens (tertiary/aromatic N) is 2. The summed E-state index contributed by atoms with van der Waals surface area (Å²) >= 11 is 0. The predicted octanol–water partition coefficient (Wildman–Crippen LogP) is 3.07. The van der Waals surface area contributed by atoms with Gasteiger partial charge in [0.25, 0.3) is 0 Å². The summed E-state index contributed by atoms with van der Waals surface area (Å²) in [5.41, 5.74) is 2.04. The summed E-state index contributed by atoms with van der Waals surface area (Å²) in [6.07, 6.45) is 7.38. The summed E-state index contributed by atoms with van der Waals surface area (Å²) in [5, 5.41) is 3.31. The van der Waals surface area contributed by atoms with Crippen LogP contribution in [0.5, 0.6) is 5.88 Å². The molecule has 0 fully saturated rings. The van der Waals surface area contributed by atoms with E-state index in [9.17, 15) is 0 Å². The lowest BCUT2D eigenvalue weighted by atomic mass is 10.2. The summed E-state index contributed by atoms with van der Waals surface area (Å²) < 4.78 is 5.59. The molecule has 0 unspecified atom stereocenters. The zero-order chi connectivity index (χ0) is 14.9. The molecule has 0 aliphatic carbocycles. The number of ether oxygens (including phenoxy) is 1. The normalized spacial score (nSPS) is 11.2. The van der Waals surface area contributed by atoms with Gasteiger partial charge in [0.2, 0.25) is 5.88 Å². The first-order valence-electron chi connectivity index (χ1n) is 7.13. The highest BCUT2D eigenvalue weighted by atomic mass is 16.5. The summed E-state index contributed by atoms with van der Waals surface area (Å²) in [5.74, 6) is 0.552. The largest absolute Gasteiger partial charge is 0.472 e. The van der Waals surface area contributed by atoms with Gasteiger partial charge in [-0.1, -0.05) is 50.3 Å². The zero-order valence-electron chi connectivity index (χ0n) is 12.5. The Hall–Kier alpha value is -2.20. The van der Waals surface area contributed by atoms with Crippen LogP contribution in [0.25, 0.3) is 6.08 Å². The minimum Gasteiger partial charge on any atom is -0.472 e. The van der Waals surface area contributed by atoms with Crippen LogP contribution < -0.4 is 10.1 Å². The van der Waals surface area contributed by atoms with Crippen molar-refractivity contribution >= 4 is 6.08 Å². The molecule has 0 saturated carbocycles. The van der Waals surface area contributed by atoms with Crippen LogP contribution in [0.3, 0.4) is 0 Å². The van der Waals surface area contributed by atoms with Crippen LogP contribution >= 0.6 is 0 Å². The average molecular weight is 283 g/mol. The number of aromatic nitrogens is 2. The van der Waals surface area contributed by atoms with Crippen molar-refractivity contribution in [1.82, 2.24) is 15.3 Å². The Morgan fingerprint density at radius 1 is 1.19 bits per heavy atom. The van der Waals surface area contributed by atoms with Crippen molar-refractivity contribution in [3.05, 3.63) is 60.1 Å². The van der Waals surface area contributed by atoms with Crippen molar-refractivity contribution in [3.63, 3.8) is 0 Å². The first kappa shape index (κ1) is 15.2. The maximum Gasteiger partial charge on any atom is 0.232 e. The van der Waals surface area contributed by atoms with Crippen LogP contribution in [-0.2, 0) is 6.54 Å². The molecule has 0 bridgehead atoms. The van der Waals surface area contributed by atoms with E-state index in [-0.39, 0.29) is 0 Å². The van der Waals surface area contributed by atoms with Crippen LogP contribution in [0.2, 0.25) is 0 Å². The van der Waals surface area contributed by atoms with Crippen molar-refractivity contribution in [3.8, 4) is 5.88 Å². The second-order valence-corrected chi connectivity index (χ2v) is 5.01. The lowest BCUT2D eigenvalue weighted by Gasteiger charge is -2.08. The van der Waals surface area contributed by atoms with Gasteiger partial charge in [-0.05, 0) is 11.6 Å². The zero-order valence-corrected chi connectivity index (χ0v) is 12.5. The van der Waals surface area contributed by atoms with Gasteiger partial charge in [0.05, 0.1) is 11.9 Å². The lowest BCUT2D eigenvalue weighted by Crippen LogP contribution is -2.22. The molecule has 110 valence electrons. The summed E-state index contributed by atoms with van der Waals surface area (Å²) in [4.78, 5) is 8.56. The lowest BCUT2D eigenvalue weighted by molar-refractivity contribution is 0.345. The Labute approximate surface area is 125 Å². The van der Waals surface area contributed by atoms with Crippen molar-refractivity contribution in [1.29, 1.82) is 0 Å². The molecule has 0 aliphatic heterocycles. The molecule has 2 aromatic rings. The van der Waals surface area contributed by atoms with Gasteiger partial charge in [-0.15, -0.1) is 0 Å².